The summed E-state index contributed by atoms with van der Waals surface area (Å²) in [7, 11) is 1.40. The summed E-state index contributed by atoms with van der Waals surface area (Å²) in [6.45, 7) is 3.93. The minimum absolute atomic E-state index is 0.0850. The van der Waals surface area contributed by atoms with E-state index in [-0.39, 0.29) is 23.8 Å². The molecule has 2 atom stereocenters. The van der Waals surface area contributed by atoms with Gasteiger partial charge in [0.1, 0.15) is 0 Å². The van der Waals surface area contributed by atoms with E-state index in [4.69, 9.17) is 16.3 Å². The molecule has 5 nitrogen and oxygen atoms in total. The third kappa shape index (κ3) is 5.93. The normalized spacial score (nSPS) is 20.9. The summed E-state index contributed by atoms with van der Waals surface area (Å²) in [5, 5.41) is 4.00. The first-order valence-electron chi connectivity index (χ1n) is 12.4. The lowest BCUT2D eigenvalue weighted by atomic mass is 9.91. The zero-order valence-electron chi connectivity index (χ0n) is 20.2. The fraction of sp³-hybridized carbons (Fsp3) is 0.500. The lowest BCUT2D eigenvalue weighted by molar-refractivity contribution is -0.126. The zero-order valence-corrected chi connectivity index (χ0v) is 20.9. The molecule has 1 amide bonds. The SMILES string of the molecule is COC(=O)c1ccc(Cl)cc1CC[C@@H]1CCC[C@@H]1NC(=O)C1CCN(c2ccc(C)cc2)CC1. The Morgan fingerprint density at radius 1 is 1.06 bits per heavy atom. The summed E-state index contributed by atoms with van der Waals surface area (Å²) in [4.78, 5) is 27.6. The summed E-state index contributed by atoms with van der Waals surface area (Å²) < 4.78 is 4.93. The smallest absolute Gasteiger partial charge is 0.338 e. The minimum atomic E-state index is -0.333. The summed E-state index contributed by atoms with van der Waals surface area (Å²) >= 11 is 6.19. The van der Waals surface area contributed by atoms with Crippen LogP contribution < -0.4 is 10.2 Å². The van der Waals surface area contributed by atoms with Gasteiger partial charge in [-0.1, -0.05) is 35.7 Å². The van der Waals surface area contributed by atoms with Gasteiger partial charge in [-0.05, 0) is 87.3 Å². The van der Waals surface area contributed by atoms with Crippen molar-refractivity contribution in [2.45, 2.75) is 57.9 Å². The van der Waals surface area contributed by atoms with Crippen LogP contribution in [-0.4, -0.2) is 38.1 Å². The highest BCUT2D eigenvalue weighted by molar-refractivity contribution is 6.30. The number of ether oxygens (including phenoxy) is 1. The van der Waals surface area contributed by atoms with Gasteiger partial charge < -0.3 is 15.0 Å². The summed E-state index contributed by atoms with van der Waals surface area (Å²) in [6.07, 6.45) is 6.70. The van der Waals surface area contributed by atoms with Crippen molar-refractivity contribution in [3.8, 4) is 0 Å². The van der Waals surface area contributed by atoms with E-state index in [2.05, 4.69) is 41.4 Å². The second-order valence-corrected chi connectivity index (χ2v) is 10.2. The number of hydrogen-bond acceptors (Lipinski definition) is 4. The number of piperidine rings is 1. The largest absolute Gasteiger partial charge is 0.465 e. The van der Waals surface area contributed by atoms with Gasteiger partial charge in [0.05, 0.1) is 12.7 Å². The predicted octanol–water partition coefficient (Wildman–Crippen LogP) is 5.57. The van der Waals surface area contributed by atoms with Gasteiger partial charge in [0, 0.05) is 35.8 Å². The van der Waals surface area contributed by atoms with Crippen LogP contribution in [0, 0.1) is 18.8 Å². The molecule has 0 bridgehead atoms. The van der Waals surface area contributed by atoms with Gasteiger partial charge in [-0.3, -0.25) is 4.79 Å². The van der Waals surface area contributed by atoms with E-state index < -0.39 is 0 Å². The van der Waals surface area contributed by atoms with E-state index in [1.165, 1.54) is 18.4 Å². The first-order chi connectivity index (χ1) is 16.4. The van der Waals surface area contributed by atoms with Crippen molar-refractivity contribution < 1.29 is 14.3 Å². The van der Waals surface area contributed by atoms with Crippen LogP contribution in [0.15, 0.2) is 42.5 Å². The van der Waals surface area contributed by atoms with Crippen LogP contribution >= 0.6 is 11.6 Å². The molecule has 34 heavy (non-hydrogen) atoms. The molecular weight excluding hydrogens is 448 g/mol. The van der Waals surface area contributed by atoms with Gasteiger partial charge >= 0.3 is 5.97 Å². The fourth-order valence-corrected chi connectivity index (χ4v) is 5.64. The second-order valence-electron chi connectivity index (χ2n) is 9.73. The Balaban J connectivity index is 1.30. The quantitative estimate of drug-likeness (QED) is 0.524. The van der Waals surface area contributed by atoms with Gasteiger partial charge in [-0.15, -0.1) is 0 Å². The summed E-state index contributed by atoms with van der Waals surface area (Å²) in [6, 6.07) is 14.2. The van der Waals surface area contributed by atoms with Crippen LogP contribution in [0.3, 0.4) is 0 Å². The number of carbonyl (C=O) groups excluding carboxylic acids is 2. The van der Waals surface area contributed by atoms with Crippen molar-refractivity contribution in [3.63, 3.8) is 0 Å². The molecule has 0 aromatic heterocycles. The van der Waals surface area contributed by atoms with Crippen molar-refractivity contribution in [1.82, 2.24) is 5.32 Å². The van der Waals surface area contributed by atoms with E-state index in [0.29, 0.717) is 16.5 Å². The van der Waals surface area contributed by atoms with E-state index in [9.17, 15) is 9.59 Å². The number of nitrogens with zero attached hydrogens (tertiary/aromatic N) is 1. The Labute approximate surface area is 207 Å². The van der Waals surface area contributed by atoms with Crippen molar-refractivity contribution in [2.75, 3.05) is 25.1 Å². The Hall–Kier alpha value is -2.53. The highest BCUT2D eigenvalue weighted by atomic mass is 35.5. The molecule has 6 heteroatoms. The predicted molar refractivity (Wildman–Crippen MR) is 137 cm³/mol. The molecular formula is C28H35ClN2O3. The van der Waals surface area contributed by atoms with E-state index in [1.54, 1.807) is 12.1 Å². The molecule has 2 aromatic carbocycles. The van der Waals surface area contributed by atoms with E-state index >= 15 is 0 Å². The number of amides is 1. The van der Waals surface area contributed by atoms with Gasteiger partial charge in [-0.2, -0.15) is 0 Å². The standard InChI is InChI=1S/C28H35ClN2O3/c1-19-6-11-24(12-7-19)31-16-14-21(15-17-31)27(32)30-26-5-3-4-20(26)8-9-22-18-23(29)10-13-25(22)28(33)34-2/h6-7,10-13,18,20-21,26H,3-5,8-9,14-17H2,1-2H3,(H,30,32)/t20-,26-/m0/s1. The Kier molecular flexibility index (Phi) is 8.15. The van der Waals surface area contributed by atoms with Crippen molar-refractivity contribution in [3.05, 3.63) is 64.2 Å². The third-order valence-corrected chi connectivity index (χ3v) is 7.74. The van der Waals surface area contributed by atoms with Gasteiger partial charge in [0.2, 0.25) is 5.91 Å². The van der Waals surface area contributed by atoms with Gasteiger partial charge in [0.15, 0.2) is 0 Å². The van der Waals surface area contributed by atoms with Crippen LogP contribution in [0.1, 0.15) is 60.0 Å². The molecule has 1 saturated heterocycles. The molecule has 182 valence electrons. The average molecular weight is 483 g/mol. The highest BCUT2D eigenvalue weighted by Crippen LogP contribution is 2.32. The van der Waals surface area contributed by atoms with Gasteiger partial charge in [0.25, 0.3) is 0 Å². The molecule has 2 aromatic rings. The minimum Gasteiger partial charge on any atom is -0.465 e. The van der Waals surface area contributed by atoms with Crippen LogP contribution in [0.2, 0.25) is 5.02 Å². The van der Waals surface area contributed by atoms with Crippen LogP contribution in [0.25, 0.3) is 0 Å². The number of esters is 1. The maximum Gasteiger partial charge on any atom is 0.338 e. The Morgan fingerprint density at radius 2 is 1.79 bits per heavy atom. The molecule has 1 saturated carbocycles. The lowest BCUT2D eigenvalue weighted by Crippen LogP contribution is -2.45. The van der Waals surface area contributed by atoms with Crippen molar-refractivity contribution in [2.24, 2.45) is 11.8 Å². The Morgan fingerprint density at radius 3 is 2.50 bits per heavy atom. The lowest BCUT2D eigenvalue weighted by Gasteiger charge is -2.34. The summed E-state index contributed by atoms with van der Waals surface area (Å²) in [5.74, 6) is 0.376. The molecule has 1 heterocycles. The van der Waals surface area contributed by atoms with E-state index in [0.717, 1.165) is 63.6 Å². The van der Waals surface area contributed by atoms with Gasteiger partial charge in [-0.25, -0.2) is 4.79 Å². The number of rotatable bonds is 7. The number of benzene rings is 2. The average Bonchev–Trinajstić information content (AvgIpc) is 3.29. The number of carbonyl (C=O) groups is 2. The molecule has 0 radical (unpaired) electrons. The van der Waals surface area contributed by atoms with Crippen molar-refractivity contribution in [1.29, 1.82) is 0 Å². The first kappa shape index (κ1) is 24.6. The molecule has 1 N–H and O–H groups in total. The zero-order chi connectivity index (χ0) is 24.1. The molecule has 4 rings (SSSR count). The molecule has 0 unspecified atom stereocenters. The topological polar surface area (TPSA) is 58.6 Å². The summed E-state index contributed by atoms with van der Waals surface area (Å²) in [5.41, 5.74) is 4.00. The molecule has 1 aliphatic heterocycles. The Bertz CT molecular complexity index is 999. The number of halogens is 1. The number of methoxy groups -OCH3 is 1. The molecule has 1 aliphatic carbocycles. The first-order valence-corrected chi connectivity index (χ1v) is 12.8. The maximum absolute atomic E-state index is 13.1. The highest BCUT2D eigenvalue weighted by Gasteiger charge is 2.32. The molecule has 2 fully saturated rings. The fourth-order valence-electron chi connectivity index (χ4n) is 5.45. The number of aryl methyl sites for hydroxylation is 2. The van der Waals surface area contributed by atoms with Crippen LogP contribution in [0.5, 0.6) is 0 Å². The monoisotopic (exact) mass is 482 g/mol. The van der Waals surface area contributed by atoms with E-state index in [1.807, 2.05) is 6.07 Å². The second kappa shape index (κ2) is 11.3. The van der Waals surface area contributed by atoms with Crippen molar-refractivity contribution >= 4 is 29.2 Å². The number of nitrogens with one attached hydrogen (secondary N) is 1. The maximum atomic E-state index is 13.1. The third-order valence-electron chi connectivity index (χ3n) is 7.51. The van der Waals surface area contributed by atoms with Crippen LogP contribution in [-0.2, 0) is 16.0 Å². The van der Waals surface area contributed by atoms with Crippen LogP contribution in [0.4, 0.5) is 5.69 Å². The number of hydrogen-bond donors (Lipinski definition) is 1. The molecule has 0 spiro atoms. The molecule has 2 aliphatic rings. The number of anilines is 1.